The number of benzene rings is 2. The summed E-state index contributed by atoms with van der Waals surface area (Å²) in [6.45, 7) is 3.75. The Morgan fingerprint density at radius 1 is 1.00 bits per heavy atom. The van der Waals surface area contributed by atoms with E-state index in [9.17, 15) is 9.90 Å². The van der Waals surface area contributed by atoms with Gasteiger partial charge in [0, 0.05) is 40.3 Å². The third kappa shape index (κ3) is 4.44. The Kier molecular flexibility index (Phi) is 5.43. The number of amides is 1. The van der Waals surface area contributed by atoms with Crippen molar-refractivity contribution in [1.82, 2.24) is 25.4 Å². The van der Waals surface area contributed by atoms with Crippen molar-refractivity contribution in [1.29, 1.82) is 0 Å². The van der Waals surface area contributed by atoms with Gasteiger partial charge in [-0.3, -0.25) is 15.0 Å². The topological polar surface area (TPSA) is 135 Å². The lowest BCUT2D eigenvalue weighted by Gasteiger charge is -2.06. The maximum Gasteiger partial charge on any atom is 0.276 e. The number of rotatable bonds is 6. The SMILES string of the molecule is Cc1cc(N=Cc2c(O)[nH]c3ccc(Cc4ccc(NC(=O)c5cc(C)[nH]n5)cc4)cc23)n[nH]1. The van der Waals surface area contributed by atoms with Gasteiger partial charge >= 0.3 is 0 Å². The molecule has 9 nitrogen and oxygen atoms in total. The van der Waals surface area contributed by atoms with E-state index in [2.05, 4.69) is 35.7 Å². The molecule has 1 amide bonds. The summed E-state index contributed by atoms with van der Waals surface area (Å²) >= 11 is 0. The Balaban J connectivity index is 1.32. The van der Waals surface area contributed by atoms with E-state index >= 15 is 0 Å². The number of H-pyrrole nitrogens is 3. The number of anilines is 1. The second-order valence-electron chi connectivity index (χ2n) is 8.20. The van der Waals surface area contributed by atoms with Crippen LogP contribution in [0.1, 0.15) is 38.6 Å². The van der Waals surface area contributed by atoms with Crippen LogP contribution in [-0.4, -0.2) is 42.6 Å². The number of nitrogens with one attached hydrogen (secondary N) is 4. The molecular formula is C25H23N7O2. The van der Waals surface area contributed by atoms with Crippen LogP contribution in [-0.2, 0) is 6.42 Å². The highest BCUT2D eigenvalue weighted by molar-refractivity contribution is 6.03. The molecule has 0 saturated carbocycles. The van der Waals surface area contributed by atoms with Crippen LogP contribution in [0.15, 0.2) is 59.6 Å². The van der Waals surface area contributed by atoms with Crippen LogP contribution in [0, 0.1) is 13.8 Å². The summed E-state index contributed by atoms with van der Waals surface area (Å²) < 4.78 is 0. The Labute approximate surface area is 195 Å². The van der Waals surface area contributed by atoms with Crippen LogP contribution in [0.25, 0.3) is 10.9 Å². The van der Waals surface area contributed by atoms with Crippen LogP contribution < -0.4 is 5.32 Å². The van der Waals surface area contributed by atoms with Crippen molar-refractivity contribution in [3.05, 3.63) is 88.4 Å². The number of aryl methyl sites for hydroxylation is 2. The minimum absolute atomic E-state index is 0.0651. The molecule has 0 radical (unpaired) electrons. The predicted molar refractivity (Wildman–Crippen MR) is 131 cm³/mol. The first-order valence-electron chi connectivity index (χ1n) is 10.8. The fourth-order valence-corrected chi connectivity index (χ4v) is 3.76. The summed E-state index contributed by atoms with van der Waals surface area (Å²) in [7, 11) is 0. The number of aromatic nitrogens is 5. The lowest BCUT2D eigenvalue weighted by Crippen LogP contribution is -2.12. The first-order chi connectivity index (χ1) is 16.4. The fourth-order valence-electron chi connectivity index (χ4n) is 3.76. The smallest absolute Gasteiger partial charge is 0.276 e. The largest absolute Gasteiger partial charge is 0.494 e. The highest BCUT2D eigenvalue weighted by Gasteiger charge is 2.12. The summed E-state index contributed by atoms with van der Waals surface area (Å²) in [5, 5.41) is 27.8. The summed E-state index contributed by atoms with van der Waals surface area (Å²) in [6, 6.07) is 17.2. The molecule has 2 aromatic carbocycles. The standard InChI is InChI=1S/C25H23N7O2/c1-14-9-22(31-29-14)25(34)27-18-6-3-16(4-7-18)11-17-5-8-21-19(12-17)20(24(33)28-21)13-26-23-10-15(2)30-32-23/h3-10,12-13,28,33H,11H2,1-2H3,(H,27,34)(H,29,31)(H,30,32). The molecule has 3 heterocycles. The normalized spacial score (nSPS) is 11.5. The molecule has 0 fully saturated rings. The minimum atomic E-state index is -0.256. The number of fused-ring (bicyclic) bond motifs is 1. The van der Waals surface area contributed by atoms with Crippen molar-refractivity contribution in [2.24, 2.45) is 4.99 Å². The van der Waals surface area contributed by atoms with Gasteiger partial charge in [0.2, 0.25) is 0 Å². The number of carbonyl (C=O) groups is 1. The molecule has 5 N–H and O–H groups in total. The molecule has 9 heteroatoms. The maximum atomic E-state index is 12.3. The molecule has 170 valence electrons. The van der Waals surface area contributed by atoms with Crippen LogP contribution in [0.5, 0.6) is 5.88 Å². The zero-order valence-electron chi connectivity index (χ0n) is 18.7. The highest BCUT2D eigenvalue weighted by Crippen LogP contribution is 2.28. The van der Waals surface area contributed by atoms with E-state index in [1.54, 1.807) is 12.3 Å². The van der Waals surface area contributed by atoms with Gasteiger partial charge in [-0.2, -0.15) is 10.2 Å². The van der Waals surface area contributed by atoms with Gasteiger partial charge in [-0.25, -0.2) is 4.99 Å². The van der Waals surface area contributed by atoms with E-state index in [0.29, 0.717) is 29.2 Å². The van der Waals surface area contributed by atoms with Gasteiger partial charge < -0.3 is 15.4 Å². The van der Waals surface area contributed by atoms with Gasteiger partial charge in [-0.05, 0) is 61.7 Å². The summed E-state index contributed by atoms with van der Waals surface area (Å²) in [5.74, 6) is 0.362. The van der Waals surface area contributed by atoms with Gasteiger partial charge in [-0.1, -0.05) is 18.2 Å². The molecule has 5 rings (SSSR count). The Morgan fingerprint density at radius 2 is 1.74 bits per heavy atom. The Bertz CT molecular complexity index is 1510. The number of nitrogens with zero attached hydrogens (tertiary/aromatic N) is 3. The van der Waals surface area contributed by atoms with E-state index in [1.165, 1.54) is 0 Å². The molecule has 0 unspecified atom stereocenters. The minimum Gasteiger partial charge on any atom is -0.494 e. The van der Waals surface area contributed by atoms with Crippen molar-refractivity contribution in [2.75, 3.05) is 5.32 Å². The first-order valence-corrected chi connectivity index (χ1v) is 10.8. The van der Waals surface area contributed by atoms with E-state index in [-0.39, 0.29) is 11.8 Å². The van der Waals surface area contributed by atoms with E-state index in [4.69, 9.17) is 0 Å². The second kappa shape index (κ2) is 8.70. The summed E-state index contributed by atoms with van der Waals surface area (Å²) in [5.41, 5.74) is 6.42. The van der Waals surface area contributed by atoms with E-state index in [1.807, 2.05) is 62.4 Å². The number of hydrogen-bond donors (Lipinski definition) is 5. The molecule has 0 aliphatic heterocycles. The van der Waals surface area contributed by atoms with Gasteiger partial charge in [0.05, 0.1) is 5.56 Å². The summed E-state index contributed by atoms with van der Waals surface area (Å²) in [4.78, 5) is 19.6. The molecule has 34 heavy (non-hydrogen) atoms. The Morgan fingerprint density at radius 3 is 2.44 bits per heavy atom. The number of carbonyl (C=O) groups excluding carboxylic acids is 1. The third-order valence-electron chi connectivity index (χ3n) is 5.46. The van der Waals surface area contributed by atoms with Crippen molar-refractivity contribution in [3.8, 4) is 5.88 Å². The molecule has 0 aliphatic carbocycles. The average Bonchev–Trinajstić information content (AvgIpc) is 3.52. The van der Waals surface area contributed by atoms with Crippen LogP contribution in [0.3, 0.4) is 0 Å². The van der Waals surface area contributed by atoms with E-state index in [0.717, 1.165) is 33.4 Å². The van der Waals surface area contributed by atoms with Crippen LogP contribution in [0.2, 0.25) is 0 Å². The van der Waals surface area contributed by atoms with Crippen molar-refractivity contribution in [3.63, 3.8) is 0 Å². The quantitative estimate of drug-likeness (QED) is 0.241. The molecule has 0 aliphatic rings. The molecule has 3 aromatic heterocycles. The van der Waals surface area contributed by atoms with E-state index < -0.39 is 0 Å². The van der Waals surface area contributed by atoms with Gasteiger partial charge in [-0.15, -0.1) is 0 Å². The number of aliphatic imine (C=N–C) groups is 1. The van der Waals surface area contributed by atoms with Gasteiger partial charge in [0.15, 0.2) is 17.4 Å². The fraction of sp³-hybridized carbons (Fsp3) is 0.120. The Hall–Kier alpha value is -4.66. The molecular weight excluding hydrogens is 430 g/mol. The first kappa shape index (κ1) is 21.2. The van der Waals surface area contributed by atoms with Crippen LogP contribution in [0.4, 0.5) is 11.5 Å². The zero-order valence-corrected chi connectivity index (χ0v) is 18.7. The monoisotopic (exact) mass is 453 g/mol. The highest BCUT2D eigenvalue weighted by atomic mass is 16.3. The predicted octanol–water partition coefficient (Wildman–Crippen LogP) is 4.53. The second-order valence-corrected chi connectivity index (χ2v) is 8.20. The average molecular weight is 454 g/mol. The lowest BCUT2D eigenvalue weighted by molar-refractivity contribution is 0.102. The molecule has 0 bridgehead atoms. The summed E-state index contributed by atoms with van der Waals surface area (Å²) in [6.07, 6.45) is 2.32. The van der Waals surface area contributed by atoms with Crippen LogP contribution >= 0.6 is 0 Å². The third-order valence-corrected chi connectivity index (χ3v) is 5.46. The number of hydrogen-bond acceptors (Lipinski definition) is 5. The van der Waals surface area contributed by atoms with Crippen molar-refractivity contribution in [2.45, 2.75) is 20.3 Å². The van der Waals surface area contributed by atoms with Crippen molar-refractivity contribution < 1.29 is 9.90 Å². The van der Waals surface area contributed by atoms with Crippen molar-refractivity contribution >= 4 is 34.5 Å². The number of aromatic amines is 3. The van der Waals surface area contributed by atoms with Gasteiger partial charge in [0.25, 0.3) is 5.91 Å². The number of aromatic hydroxyl groups is 1. The maximum absolute atomic E-state index is 12.3. The van der Waals surface area contributed by atoms with Gasteiger partial charge in [0.1, 0.15) is 0 Å². The molecule has 5 aromatic rings. The molecule has 0 saturated heterocycles. The lowest BCUT2D eigenvalue weighted by atomic mass is 10.0. The molecule has 0 spiro atoms. The zero-order chi connectivity index (χ0) is 23.7. The molecule has 0 atom stereocenters.